The molecule has 12 heteroatoms. The number of benzene rings is 3. The fourth-order valence-electron chi connectivity index (χ4n) is 5.19. The minimum Gasteiger partial charge on any atom is -0.472 e. The molecule has 5 aromatic rings. The zero-order chi connectivity index (χ0) is 30.5. The topological polar surface area (TPSA) is 107 Å². The van der Waals surface area contributed by atoms with E-state index in [1.807, 2.05) is 91.0 Å². The molecule has 44 heavy (non-hydrogen) atoms. The summed E-state index contributed by atoms with van der Waals surface area (Å²) in [5.74, 6) is -0.0562. The van der Waals surface area contributed by atoms with Crippen molar-refractivity contribution >= 4 is 46.0 Å². The number of aromatic nitrogens is 4. The molecule has 0 radical (unpaired) electrons. The first-order chi connectivity index (χ1) is 21.5. The fraction of sp³-hybridized carbons (Fsp3) is 0.250. The third kappa shape index (κ3) is 6.28. The monoisotopic (exact) mass is 633 g/mol. The normalized spacial score (nSPS) is 21.5. The summed E-state index contributed by atoms with van der Waals surface area (Å²) in [6.07, 6.45) is -1.48. The lowest BCUT2D eigenvalue weighted by atomic mass is 9.96. The van der Waals surface area contributed by atoms with Gasteiger partial charge in [-0.3, -0.25) is 4.57 Å². The summed E-state index contributed by atoms with van der Waals surface area (Å²) in [5, 5.41) is 0.260. The number of ether oxygens (including phenoxy) is 4. The molecule has 2 aromatic heterocycles. The van der Waals surface area contributed by atoms with Crippen LogP contribution < -0.4 is 5.73 Å². The van der Waals surface area contributed by atoms with E-state index in [9.17, 15) is 0 Å². The molecule has 1 aliphatic rings. The van der Waals surface area contributed by atoms with Gasteiger partial charge in [-0.05, 0) is 23.3 Å². The van der Waals surface area contributed by atoms with Gasteiger partial charge in [-0.2, -0.15) is 9.97 Å². The van der Waals surface area contributed by atoms with Crippen molar-refractivity contribution in [3.05, 3.63) is 119 Å². The number of thiocarbonyl (C=S) groups is 1. The van der Waals surface area contributed by atoms with Gasteiger partial charge in [-0.25, -0.2) is 9.37 Å². The molecule has 9 nitrogen and oxygen atoms in total. The van der Waals surface area contributed by atoms with Crippen molar-refractivity contribution in [1.82, 2.24) is 19.5 Å². The molecule has 0 unspecified atom stereocenters. The SMILES string of the molecule is Nc1nc(Cl)c2ncn([C@@H]3O[C@](CF)(COCc4ccccc4)[C@@H](OCc4ccccc4)[C@H]3OC(=S)c3ccccc3)c2n1. The molecule has 3 aromatic carbocycles. The summed E-state index contributed by atoms with van der Waals surface area (Å²) in [5.41, 5.74) is 7.42. The second kappa shape index (κ2) is 13.3. The first-order valence-electron chi connectivity index (χ1n) is 13.9. The number of rotatable bonds is 11. The van der Waals surface area contributed by atoms with Gasteiger partial charge in [0.2, 0.25) is 5.95 Å². The Morgan fingerprint density at radius 1 is 0.955 bits per heavy atom. The van der Waals surface area contributed by atoms with E-state index < -0.39 is 30.7 Å². The van der Waals surface area contributed by atoms with Gasteiger partial charge >= 0.3 is 0 Å². The number of anilines is 1. The molecule has 6 rings (SSSR count). The molecule has 0 saturated carbocycles. The molecule has 1 saturated heterocycles. The molecule has 1 fully saturated rings. The van der Waals surface area contributed by atoms with Gasteiger partial charge in [0, 0.05) is 5.56 Å². The van der Waals surface area contributed by atoms with Crippen LogP contribution in [0.15, 0.2) is 97.3 Å². The Bertz CT molecular complexity index is 1720. The van der Waals surface area contributed by atoms with Crippen molar-refractivity contribution in [2.75, 3.05) is 19.0 Å². The molecule has 1 aliphatic heterocycles. The van der Waals surface area contributed by atoms with Crippen molar-refractivity contribution in [3.63, 3.8) is 0 Å². The molecule has 0 amide bonds. The Labute approximate surface area is 263 Å². The van der Waals surface area contributed by atoms with E-state index in [0.29, 0.717) is 11.1 Å². The second-order valence-electron chi connectivity index (χ2n) is 10.3. The number of hydrogen-bond acceptors (Lipinski definition) is 9. The van der Waals surface area contributed by atoms with Crippen molar-refractivity contribution < 1.29 is 23.3 Å². The number of fused-ring (bicyclic) bond motifs is 1. The van der Waals surface area contributed by atoms with Crippen LogP contribution in [0, 0.1) is 0 Å². The first kappa shape index (κ1) is 30.0. The molecular weight excluding hydrogens is 605 g/mol. The Kier molecular flexibility index (Phi) is 9.10. The van der Waals surface area contributed by atoms with Gasteiger partial charge in [0.15, 0.2) is 33.8 Å². The van der Waals surface area contributed by atoms with Gasteiger partial charge in [-0.15, -0.1) is 0 Å². The highest BCUT2D eigenvalue weighted by atomic mass is 35.5. The number of nitrogens with two attached hydrogens (primary N) is 1. The predicted octanol–water partition coefficient (Wildman–Crippen LogP) is 5.86. The summed E-state index contributed by atoms with van der Waals surface area (Å²) in [6, 6.07) is 28.4. The minimum atomic E-state index is -1.59. The quantitative estimate of drug-likeness (QED) is 0.141. The Morgan fingerprint density at radius 3 is 2.25 bits per heavy atom. The average molecular weight is 634 g/mol. The number of alkyl halides is 1. The van der Waals surface area contributed by atoms with Crippen LogP contribution in [0.25, 0.3) is 11.2 Å². The zero-order valence-electron chi connectivity index (χ0n) is 23.5. The van der Waals surface area contributed by atoms with Gasteiger partial charge in [0.1, 0.15) is 18.3 Å². The zero-order valence-corrected chi connectivity index (χ0v) is 25.0. The number of nitrogens with zero attached hydrogens (tertiary/aromatic N) is 4. The molecule has 0 bridgehead atoms. The van der Waals surface area contributed by atoms with Crippen LogP contribution in [0.4, 0.5) is 10.3 Å². The van der Waals surface area contributed by atoms with Crippen LogP contribution in [-0.2, 0) is 32.2 Å². The minimum absolute atomic E-state index is 0.0562. The van der Waals surface area contributed by atoms with Crippen LogP contribution >= 0.6 is 23.8 Å². The van der Waals surface area contributed by atoms with Crippen molar-refractivity contribution in [3.8, 4) is 0 Å². The summed E-state index contributed by atoms with van der Waals surface area (Å²) in [7, 11) is 0. The molecular formula is C32H29ClFN5O4S. The number of halogens is 2. The van der Waals surface area contributed by atoms with Crippen LogP contribution in [0.2, 0.25) is 5.15 Å². The van der Waals surface area contributed by atoms with E-state index in [4.69, 9.17) is 48.5 Å². The fourth-order valence-corrected chi connectivity index (χ4v) is 5.66. The maximum Gasteiger partial charge on any atom is 0.223 e. The lowest BCUT2D eigenvalue weighted by Crippen LogP contribution is -2.51. The number of hydrogen-bond donors (Lipinski definition) is 1. The highest BCUT2D eigenvalue weighted by molar-refractivity contribution is 7.80. The third-order valence-electron chi connectivity index (χ3n) is 7.33. The number of imidazole rings is 1. The highest BCUT2D eigenvalue weighted by Crippen LogP contribution is 2.43. The molecule has 0 aliphatic carbocycles. The van der Waals surface area contributed by atoms with E-state index in [0.717, 1.165) is 11.1 Å². The summed E-state index contributed by atoms with van der Waals surface area (Å²) < 4.78 is 42.7. The molecule has 226 valence electrons. The van der Waals surface area contributed by atoms with E-state index >= 15 is 4.39 Å². The Hall–Kier alpha value is -4.00. The molecule has 3 heterocycles. The first-order valence-corrected chi connectivity index (χ1v) is 14.7. The Morgan fingerprint density at radius 2 is 1.59 bits per heavy atom. The lowest BCUT2D eigenvalue weighted by Gasteiger charge is -2.32. The average Bonchev–Trinajstić information content (AvgIpc) is 3.60. The highest BCUT2D eigenvalue weighted by Gasteiger charge is 2.59. The van der Waals surface area contributed by atoms with Crippen LogP contribution in [0.3, 0.4) is 0 Å². The maximum atomic E-state index is 15.5. The number of nitrogen functional groups attached to an aromatic ring is 1. The lowest BCUT2D eigenvalue weighted by molar-refractivity contribution is -0.164. The van der Waals surface area contributed by atoms with Crippen LogP contribution in [0.1, 0.15) is 22.9 Å². The molecule has 4 atom stereocenters. The summed E-state index contributed by atoms with van der Waals surface area (Å²) in [6.45, 7) is -0.689. The van der Waals surface area contributed by atoms with Crippen LogP contribution in [-0.4, -0.2) is 55.7 Å². The van der Waals surface area contributed by atoms with Crippen molar-refractivity contribution in [2.45, 2.75) is 37.3 Å². The van der Waals surface area contributed by atoms with E-state index in [1.54, 1.807) is 4.57 Å². The third-order valence-corrected chi connectivity index (χ3v) is 7.93. The molecule has 0 spiro atoms. The summed E-state index contributed by atoms with van der Waals surface area (Å²) >= 11 is 12.1. The van der Waals surface area contributed by atoms with Crippen molar-refractivity contribution in [2.24, 2.45) is 0 Å². The van der Waals surface area contributed by atoms with E-state index in [-0.39, 0.29) is 41.6 Å². The second-order valence-corrected chi connectivity index (χ2v) is 11.1. The largest absolute Gasteiger partial charge is 0.472 e. The van der Waals surface area contributed by atoms with Crippen LogP contribution in [0.5, 0.6) is 0 Å². The van der Waals surface area contributed by atoms with E-state index in [2.05, 4.69) is 15.0 Å². The van der Waals surface area contributed by atoms with Gasteiger partial charge in [-0.1, -0.05) is 103 Å². The van der Waals surface area contributed by atoms with E-state index in [1.165, 1.54) is 6.33 Å². The smallest absolute Gasteiger partial charge is 0.223 e. The van der Waals surface area contributed by atoms with Gasteiger partial charge in [0.05, 0.1) is 26.1 Å². The van der Waals surface area contributed by atoms with Crippen molar-refractivity contribution in [1.29, 1.82) is 0 Å². The Balaban J connectivity index is 1.40. The van der Waals surface area contributed by atoms with Gasteiger partial charge in [0.25, 0.3) is 0 Å². The standard InChI is InChI=1S/C32H29ClFN5O4S/c33-27-24-28(38-31(35)37-27)39(20-36-24)29-25(42-30(44)23-14-8-3-9-15-23)26(41-17-22-12-6-2-7-13-22)32(18-34,43-29)19-40-16-21-10-4-1-5-11-21/h1-15,20,25-26,29H,16-19H2,(H2,35,37,38)/t25-,26+,29-,32-/m1/s1. The maximum absolute atomic E-state index is 15.5. The van der Waals surface area contributed by atoms with Gasteiger partial charge < -0.3 is 24.7 Å². The summed E-state index contributed by atoms with van der Waals surface area (Å²) in [4.78, 5) is 12.7. The predicted molar refractivity (Wildman–Crippen MR) is 168 cm³/mol. The molecule has 2 N–H and O–H groups in total.